The Morgan fingerprint density at radius 2 is 1.74 bits per heavy atom. The predicted molar refractivity (Wildman–Crippen MR) is 133 cm³/mol. The van der Waals surface area contributed by atoms with Crippen molar-refractivity contribution in [3.8, 4) is 0 Å². The van der Waals surface area contributed by atoms with Gasteiger partial charge in [0.2, 0.25) is 5.91 Å². The Morgan fingerprint density at radius 3 is 2.29 bits per heavy atom. The molecule has 2 aliphatic heterocycles. The molecular formula is C25H25N3O9S. The van der Waals surface area contributed by atoms with E-state index in [0.29, 0.717) is 10.4 Å². The third-order valence-electron chi connectivity index (χ3n) is 6.25. The molecular weight excluding hydrogens is 518 g/mol. The Balaban J connectivity index is 1.48. The fourth-order valence-corrected chi connectivity index (χ4v) is 5.66. The first-order valence-electron chi connectivity index (χ1n) is 11.8. The maximum Gasteiger partial charge on any atom is 0.394 e. The number of imide groups is 1. The number of nitrogens with one attached hydrogen (secondary N) is 2. The number of anilines is 1. The van der Waals surface area contributed by atoms with Gasteiger partial charge < -0.3 is 25.6 Å². The van der Waals surface area contributed by atoms with Crippen molar-refractivity contribution in [2.45, 2.75) is 45.4 Å². The number of thiophene rings is 1. The van der Waals surface area contributed by atoms with Gasteiger partial charge in [0.1, 0.15) is 11.0 Å². The molecule has 0 radical (unpaired) electrons. The van der Waals surface area contributed by atoms with E-state index in [-0.39, 0.29) is 53.6 Å². The summed E-state index contributed by atoms with van der Waals surface area (Å²) in [6.45, 7) is 3.71. The van der Waals surface area contributed by atoms with Crippen molar-refractivity contribution in [1.82, 2.24) is 10.2 Å². The molecule has 0 fully saturated rings. The van der Waals surface area contributed by atoms with Gasteiger partial charge in [-0.05, 0) is 30.0 Å². The van der Waals surface area contributed by atoms with Gasteiger partial charge in [0, 0.05) is 17.8 Å². The highest BCUT2D eigenvalue weighted by Crippen LogP contribution is 2.38. The number of carboxylic acid groups (broad SMARTS) is 2. The molecule has 13 heteroatoms. The monoisotopic (exact) mass is 543 g/mol. The molecule has 2 unspecified atom stereocenters. The van der Waals surface area contributed by atoms with E-state index in [1.54, 1.807) is 24.3 Å². The standard InChI is InChI=1S/C25H25N3O9S/c1-11(2)7-16(28-22(31)13-5-3-4-6-14(13)23(28)32)19(29)26-9-12-8-15-17(10-37-12)38-21(18(15)24(33)34)27-20(30)25(35)36/h3-6,11-12,16H,7-10H2,1-2H3,(H,26,29)(H,27,30)(H,33,34)(H,35,36). The first kappa shape index (κ1) is 26.9. The Kier molecular flexibility index (Phi) is 7.60. The van der Waals surface area contributed by atoms with Crippen molar-refractivity contribution in [3.63, 3.8) is 0 Å². The lowest BCUT2D eigenvalue weighted by Crippen LogP contribution is -2.51. The van der Waals surface area contributed by atoms with Gasteiger partial charge in [-0.25, -0.2) is 9.59 Å². The maximum atomic E-state index is 13.3. The fourth-order valence-electron chi connectivity index (χ4n) is 4.53. The van der Waals surface area contributed by atoms with Gasteiger partial charge in [0.25, 0.3) is 11.8 Å². The molecule has 1 aromatic heterocycles. The van der Waals surface area contributed by atoms with Crippen molar-refractivity contribution in [2.24, 2.45) is 5.92 Å². The lowest BCUT2D eigenvalue weighted by Gasteiger charge is -2.28. The molecule has 2 aromatic rings. The Labute approximate surface area is 220 Å². The molecule has 2 aliphatic rings. The average molecular weight is 544 g/mol. The van der Waals surface area contributed by atoms with E-state index in [9.17, 15) is 33.9 Å². The van der Waals surface area contributed by atoms with Crippen LogP contribution in [0.25, 0.3) is 0 Å². The molecule has 1 aromatic carbocycles. The van der Waals surface area contributed by atoms with Gasteiger partial charge in [-0.3, -0.25) is 24.1 Å². The number of carboxylic acids is 2. The van der Waals surface area contributed by atoms with Crippen LogP contribution < -0.4 is 10.6 Å². The number of carbonyl (C=O) groups excluding carboxylic acids is 4. The number of carbonyl (C=O) groups is 6. The number of amides is 4. The lowest BCUT2D eigenvalue weighted by atomic mass is 9.99. The summed E-state index contributed by atoms with van der Waals surface area (Å²) in [5.74, 6) is -6.07. The Bertz CT molecular complexity index is 1310. The van der Waals surface area contributed by atoms with E-state index in [1.165, 1.54) is 0 Å². The minimum Gasteiger partial charge on any atom is -0.478 e. The predicted octanol–water partition coefficient (Wildman–Crippen LogP) is 1.74. The number of aromatic carboxylic acids is 1. The number of hydrogen-bond donors (Lipinski definition) is 4. The largest absolute Gasteiger partial charge is 0.478 e. The summed E-state index contributed by atoms with van der Waals surface area (Å²) < 4.78 is 5.76. The molecule has 0 aliphatic carbocycles. The summed E-state index contributed by atoms with van der Waals surface area (Å²) in [6.07, 6.45) is -0.310. The normalized spacial score (nSPS) is 17.1. The first-order valence-corrected chi connectivity index (χ1v) is 12.6. The summed E-state index contributed by atoms with van der Waals surface area (Å²) in [6, 6.07) is 5.33. The second-order valence-corrected chi connectivity index (χ2v) is 10.4. The molecule has 0 bridgehead atoms. The van der Waals surface area contributed by atoms with E-state index in [4.69, 9.17) is 9.84 Å². The summed E-state index contributed by atoms with van der Waals surface area (Å²) in [7, 11) is 0. The smallest absolute Gasteiger partial charge is 0.394 e. The molecule has 200 valence electrons. The number of hydrogen-bond acceptors (Lipinski definition) is 8. The second-order valence-electron chi connectivity index (χ2n) is 9.33. The molecule has 2 atom stereocenters. The molecule has 0 saturated heterocycles. The molecule has 4 rings (SSSR count). The number of aliphatic carboxylic acids is 1. The zero-order valence-electron chi connectivity index (χ0n) is 20.5. The van der Waals surface area contributed by atoms with E-state index >= 15 is 0 Å². The van der Waals surface area contributed by atoms with Gasteiger partial charge in [0.05, 0.1) is 29.4 Å². The summed E-state index contributed by atoms with van der Waals surface area (Å²) >= 11 is 0.915. The van der Waals surface area contributed by atoms with Gasteiger partial charge in [0.15, 0.2) is 0 Å². The molecule has 3 heterocycles. The van der Waals surface area contributed by atoms with Crippen molar-refractivity contribution in [2.75, 3.05) is 11.9 Å². The van der Waals surface area contributed by atoms with Crippen LogP contribution in [0.1, 0.15) is 61.8 Å². The highest BCUT2D eigenvalue weighted by Gasteiger charge is 2.43. The minimum absolute atomic E-state index is 0.00239. The van der Waals surface area contributed by atoms with Crippen LogP contribution in [0.2, 0.25) is 0 Å². The zero-order chi connectivity index (χ0) is 27.7. The number of nitrogens with zero attached hydrogens (tertiary/aromatic N) is 1. The molecule has 4 N–H and O–H groups in total. The van der Waals surface area contributed by atoms with E-state index in [0.717, 1.165) is 16.2 Å². The number of benzene rings is 1. The van der Waals surface area contributed by atoms with E-state index in [2.05, 4.69) is 10.6 Å². The molecule has 0 spiro atoms. The molecule has 12 nitrogen and oxygen atoms in total. The zero-order valence-corrected chi connectivity index (χ0v) is 21.3. The van der Waals surface area contributed by atoms with Crippen LogP contribution in [0.15, 0.2) is 24.3 Å². The first-order chi connectivity index (χ1) is 18.0. The number of rotatable bonds is 8. The SMILES string of the molecule is CC(C)CC(C(=O)NCC1Cc2c(sc(NC(=O)C(=O)O)c2C(=O)O)CO1)N1C(=O)c2ccccc2C1=O. The minimum atomic E-state index is -1.75. The van der Waals surface area contributed by atoms with Crippen LogP contribution in [-0.2, 0) is 32.1 Å². The van der Waals surface area contributed by atoms with Crippen molar-refractivity contribution in [3.05, 3.63) is 51.4 Å². The Hall–Kier alpha value is -4.10. The van der Waals surface area contributed by atoms with Crippen LogP contribution in [-0.4, -0.2) is 69.4 Å². The van der Waals surface area contributed by atoms with Crippen LogP contribution in [0, 0.1) is 5.92 Å². The van der Waals surface area contributed by atoms with Gasteiger partial charge in [-0.1, -0.05) is 26.0 Å². The molecule has 4 amide bonds. The summed E-state index contributed by atoms with van der Waals surface area (Å²) in [5.41, 5.74) is 0.647. The quantitative estimate of drug-likeness (QED) is 0.285. The molecule has 0 saturated carbocycles. The fraction of sp³-hybridized carbons (Fsp3) is 0.360. The summed E-state index contributed by atoms with van der Waals surface area (Å²) in [4.78, 5) is 75.1. The van der Waals surface area contributed by atoms with Crippen molar-refractivity contribution < 1.29 is 43.7 Å². The van der Waals surface area contributed by atoms with Crippen LogP contribution >= 0.6 is 11.3 Å². The van der Waals surface area contributed by atoms with Gasteiger partial charge in [-0.15, -0.1) is 11.3 Å². The summed E-state index contributed by atoms with van der Waals surface area (Å²) in [5, 5.41) is 23.3. The second kappa shape index (κ2) is 10.7. The Morgan fingerprint density at radius 1 is 1.11 bits per heavy atom. The van der Waals surface area contributed by atoms with E-state index < -0.39 is 47.7 Å². The lowest BCUT2D eigenvalue weighted by molar-refractivity contribution is -0.147. The van der Waals surface area contributed by atoms with Crippen LogP contribution in [0.4, 0.5) is 5.00 Å². The third-order valence-corrected chi connectivity index (χ3v) is 7.37. The number of fused-ring (bicyclic) bond motifs is 2. The van der Waals surface area contributed by atoms with E-state index in [1.807, 2.05) is 13.8 Å². The number of ether oxygens (including phenoxy) is 1. The van der Waals surface area contributed by atoms with Crippen molar-refractivity contribution >= 4 is 51.9 Å². The topological polar surface area (TPSA) is 179 Å². The van der Waals surface area contributed by atoms with Gasteiger partial charge >= 0.3 is 17.8 Å². The van der Waals surface area contributed by atoms with Crippen LogP contribution in [0.3, 0.4) is 0 Å². The van der Waals surface area contributed by atoms with Gasteiger partial charge in [-0.2, -0.15) is 0 Å². The third kappa shape index (κ3) is 5.15. The highest BCUT2D eigenvalue weighted by molar-refractivity contribution is 7.17. The van der Waals surface area contributed by atoms with Crippen molar-refractivity contribution in [1.29, 1.82) is 0 Å². The molecule has 38 heavy (non-hydrogen) atoms. The van der Waals surface area contributed by atoms with Crippen LogP contribution in [0.5, 0.6) is 0 Å². The maximum absolute atomic E-state index is 13.3. The average Bonchev–Trinajstić information content (AvgIpc) is 3.35. The highest BCUT2D eigenvalue weighted by atomic mass is 32.1.